The van der Waals surface area contributed by atoms with Crippen molar-refractivity contribution in [1.29, 1.82) is 0 Å². The molecule has 0 aliphatic rings. The van der Waals surface area contributed by atoms with Crippen molar-refractivity contribution in [2.45, 2.75) is 67.2 Å². The second kappa shape index (κ2) is 17.0. The molecular weight excluding hydrogens is 604 g/mol. The fourth-order valence-corrected chi connectivity index (χ4v) is 4.58. The van der Waals surface area contributed by atoms with Crippen LogP contribution in [0.3, 0.4) is 0 Å². The van der Waals surface area contributed by atoms with Crippen molar-refractivity contribution in [2.75, 3.05) is 0 Å². The van der Waals surface area contributed by atoms with Crippen LogP contribution < -0.4 is 0 Å². The first kappa shape index (κ1) is 35.8. The van der Waals surface area contributed by atoms with Gasteiger partial charge in [-0.1, -0.05) is 74.2 Å². The average molecular weight is 650 g/mol. The molecule has 3 heteroatoms. The molecule has 0 amide bonds. The van der Waals surface area contributed by atoms with Gasteiger partial charge in [0.2, 0.25) is 0 Å². The van der Waals surface area contributed by atoms with E-state index in [9.17, 15) is 0 Å². The Kier molecular flexibility index (Phi) is 14.2. The molecule has 0 fully saturated rings. The van der Waals surface area contributed by atoms with E-state index in [1.54, 1.807) is 24.3 Å². The summed E-state index contributed by atoms with van der Waals surface area (Å²) in [4.78, 5) is 0. The summed E-state index contributed by atoms with van der Waals surface area (Å²) in [5.41, 5.74) is 7.87. The number of aryl methyl sites for hydroxylation is 4. The molecule has 0 atom stereocenters. The van der Waals surface area contributed by atoms with Gasteiger partial charge in [0, 0.05) is 0 Å². The Balaban J connectivity index is 0.000000199. The Labute approximate surface area is 277 Å². The van der Waals surface area contributed by atoms with Gasteiger partial charge in [-0.15, -0.1) is 57.9 Å². The third-order valence-electron chi connectivity index (χ3n) is 7.58. The topological polar surface area (TPSA) is 40.5 Å². The quantitative estimate of drug-likeness (QED) is 0.183. The summed E-state index contributed by atoms with van der Waals surface area (Å²) >= 11 is 0. The number of benzene rings is 4. The molecule has 0 heterocycles. The number of phenols is 2. The summed E-state index contributed by atoms with van der Waals surface area (Å²) < 4.78 is 0. The monoisotopic (exact) mass is 648 g/mol. The molecule has 2 nitrogen and oxygen atoms in total. The zero-order valence-electron chi connectivity index (χ0n) is 26.9. The second-order valence-corrected chi connectivity index (χ2v) is 11.7. The normalized spacial score (nSPS) is 10.3. The molecule has 43 heavy (non-hydrogen) atoms. The van der Waals surface area contributed by atoms with Crippen LogP contribution in [0.15, 0.2) is 109 Å². The number of hydrogen-bond donors (Lipinski definition) is 2. The molecule has 0 bridgehead atoms. The SMILES string of the molecule is CC(C)c1cccc(O)c1.CC(C)c1cccc(O)c1.Cc1cc2cc[cH-]c2cc1C.Cc1cc2cc[cH-]c2cc1C.[Zr+2]. The van der Waals surface area contributed by atoms with E-state index < -0.39 is 0 Å². The van der Waals surface area contributed by atoms with E-state index in [0.29, 0.717) is 23.3 Å². The van der Waals surface area contributed by atoms with Gasteiger partial charge < -0.3 is 10.2 Å². The number of hydrogen-bond acceptors (Lipinski definition) is 2. The van der Waals surface area contributed by atoms with Crippen molar-refractivity contribution < 1.29 is 36.4 Å². The second-order valence-electron chi connectivity index (χ2n) is 11.7. The average Bonchev–Trinajstić information content (AvgIpc) is 3.59. The Morgan fingerprint density at radius 3 is 1.14 bits per heavy atom. The summed E-state index contributed by atoms with van der Waals surface area (Å²) in [5.74, 6) is 1.69. The third kappa shape index (κ3) is 11.0. The van der Waals surface area contributed by atoms with Crippen molar-refractivity contribution in [3.63, 3.8) is 0 Å². The van der Waals surface area contributed by atoms with Crippen molar-refractivity contribution in [3.8, 4) is 11.5 Å². The molecule has 6 aromatic carbocycles. The molecule has 0 spiro atoms. The summed E-state index contributed by atoms with van der Waals surface area (Å²) in [6, 6.07) is 36.5. The van der Waals surface area contributed by atoms with Gasteiger partial charge in [-0.05, 0) is 74.9 Å². The predicted molar refractivity (Wildman–Crippen MR) is 182 cm³/mol. The Bertz CT molecular complexity index is 1500. The van der Waals surface area contributed by atoms with Crippen molar-refractivity contribution >= 4 is 21.5 Å². The molecular formula is C40H46O2Zr. The first-order valence-electron chi connectivity index (χ1n) is 14.8. The van der Waals surface area contributed by atoms with Crippen LogP contribution in [0.1, 0.15) is 72.9 Å². The molecule has 6 rings (SSSR count). The zero-order chi connectivity index (χ0) is 30.8. The van der Waals surface area contributed by atoms with Crippen LogP contribution in [0.25, 0.3) is 21.5 Å². The first-order chi connectivity index (χ1) is 19.9. The van der Waals surface area contributed by atoms with Crippen LogP contribution in [0.5, 0.6) is 11.5 Å². The summed E-state index contributed by atoms with van der Waals surface area (Å²) in [5, 5.41) is 23.5. The molecule has 6 aromatic rings. The van der Waals surface area contributed by atoms with E-state index >= 15 is 0 Å². The molecule has 0 aliphatic carbocycles. The van der Waals surface area contributed by atoms with Crippen molar-refractivity contribution in [3.05, 3.63) is 143 Å². The Morgan fingerprint density at radius 2 is 0.837 bits per heavy atom. The van der Waals surface area contributed by atoms with E-state index in [0.717, 1.165) is 0 Å². The van der Waals surface area contributed by atoms with Gasteiger partial charge in [-0.25, -0.2) is 0 Å². The summed E-state index contributed by atoms with van der Waals surface area (Å²) in [6.45, 7) is 17.0. The minimum Gasteiger partial charge on any atom is -0.508 e. The van der Waals surface area contributed by atoms with Gasteiger partial charge in [0.25, 0.3) is 0 Å². The molecule has 2 N–H and O–H groups in total. The van der Waals surface area contributed by atoms with Crippen LogP contribution in [-0.2, 0) is 26.2 Å². The molecule has 0 radical (unpaired) electrons. The van der Waals surface area contributed by atoms with Crippen molar-refractivity contribution in [2.24, 2.45) is 0 Å². The van der Waals surface area contributed by atoms with E-state index in [1.807, 2.05) is 24.3 Å². The minimum atomic E-state index is 0. The van der Waals surface area contributed by atoms with Crippen LogP contribution in [0.2, 0.25) is 0 Å². The number of fused-ring (bicyclic) bond motifs is 2. The summed E-state index contributed by atoms with van der Waals surface area (Å²) in [7, 11) is 0. The van der Waals surface area contributed by atoms with Gasteiger partial charge in [0.05, 0.1) is 0 Å². The number of aromatic hydroxyl groups is 2. The van der Waals surface area contributed by atoms with Crippen LogP contribution in [0.4, 0.5) is 0 Å². The van der Waals surface area contributed by atoms with Crippen LogP contribution in [-0.4, -0.2) is 10.2 Å². The van der Waals surface area contributed by atoms with Crippen LogP contribution >= 0.6 is 0 Å². The van der Waals surface area contributed by atoms with E-state index in [1.165, 1.54) is 54.9 Å². The molecule has 0 saturated heterocycles. The van der Waals surface area contributed by atoms with Crippen LogP contribution in [0, 0.1) is 27.7 Å². The third-order valence-corrected chi connectivity index (χ3v) is 7.58. The van der Waals surface area contributed by atoms with Gasteiger partial charge in [-0.2, -0.15) is 24.3 Å². The Hall–Kier alpha value is -3.42. The maximum Gasteiger partial charge on any atom is 2.00 e. The van der Waals surface area contributed by atoms with Gasteiger partial charge in [0.1, 0.15) is 11.5 Å². The molecule has 0 aliphatic heterocycles. The molecule has 0 aromatic heterocycles. The Morgan fingerprint density at radius 1 is 0.488 bits per heavy atom. The van der Waals surface area contributed by atoms with Crippen molar-refractivity contribution in [1.82, 2.24) is 0 Å². The maximum atomic E-state index is 9.06. The standard InChI is InChI=1S/2C11H11.2C9H12O.Zr/c2*1-8-6-10-4-3-5-11(10)7-9(8)2;2*1-7(2)8-4-3-5-9(10)6-8;/h2*3-7H,1-2H3;2*3-7,10H,1-2H3;/q2*-1;;;+2. The molecule has 0 unspecified atom stereocenters. The van der Waals surface area contributed by atoms with E-state index in [2.05, 4.69) is 116 Å². The van der Waals surface area contributed by atoms with Gasteiger partial charge in [-0.3, -0.25) is 0 Å². The smallest absolute Gasteiger partial charge is 0.508 e. The number of rotatable bonds is 2. The largest absolute Gasteiger partial charge is 2.00 e. The predicted octanol–water partition coefficient (Wildman–Crippen LogP) is 11.4. The molecule has 222 valence electrons. The minimum absolute atomic E-state index is 0. The fourth-order valence-electron chi connectivity index (χ4n) is 4.58. The molecule has 0 saturated carbocycles. The maximum absolute atomic E-state index is 9.06. The van der Waals surface area contributed by atoms with E-state index in [-0.39, 0.29) is 26.2 Å². The fraction of sp³-hybridized carbons (Fsp3) is 0.250. The van der Waals surface area contributed by atoms with E-state index in [4.69, 9.17) is 10.2 Å². The van der Waals surface area contributed by atoms with Gasteiger partial charge >= 0.3 is 26.2 Å². The van der Waals surface area contributed by atoms with Gasteiger partial charge in [0.15, 0.2) is 0 Å². The first-order valence-corrected chi connectivity index (χ1v) is 14.8. The summed E-state index contributed by atoms with van der Waals surface area (Å²) in [6.07, 6.45) is 0. The number of phenolic OH excluding ortho intramolecular Hbond substituents is 2. The zero-order valence-corrected chi connectivity index (χ0v) is 29.4.